The molecule has 1 amide bonds. The Morgan fingerprint density at radius 2 is 2.67 bits per heavy atom. The maximum atomic E-state index is 11.8. The Morgan fingerprint density at radius 1 is 1.80 bits per heavy atom. The van der Waals surface area contributed by atoms with Crippen molar-refractivity contribution >= 4 is 17.2 Å². The van der Waals surface area contributed by atoms with Crippen LogP contribution < -0.4 is 10.6 Å². The molecule has 0 radical (unpaired) electrons. The summed E-state index contributed by atoms with van der Waals surface area (Å²) in [5.41, 5.74) is 0. The largest absolute Gasteiger partial charge is 0.347 e. The van der Waals surface area contributed by atoms with E-state index in [0.29, 0.717) is 0 Å². The Kier molecular flexibility index (Phi) is 3.33. The number of carbonyl (C=O) groups excluding carboxylic acids is 1. The summed E-state index contributed by atoms with van der Waals surface area (Å²) in [4.78, 5) is 16.0. The lowest BCUT2D eigenvalue weighted by Crippen LogP contribution is -2.33. The Morgan fingerprint density at radius 3 is 3.27 bits per heavy atom. The molecule has 1 aromatic rings. The van der Waals surface area contributed by atoms with Gasteiger partial charge in [0.25, 0.3) is 0 Å². The van der Waals surface area contributed by atoms with Gasteiger partial charge in [-0.2, -0.15) is 0 Å². The number of nitrogens with zero attached hydrogens (tertiary/aromatic N) is 1. The van der Waals surface area contributed by atoms with Crippen LogP contribution in [0.3, 0.4) is 0 Å². The van der Waals surface area contributed by atoms with Crippen LogP contribution in [0.15, 0.2) is 11.6 Å². The molecule has 1 aliphatic heterocycles. The molecule has 4 nitrogen and oxygen atoms in total. The van der Waals surface area contributed by atoms with Gasteiger partial charge in [0.1, 0.15) is 5.01 Å². The fraction of sp³-hybridized carbons (Fsp3) is 0.600. The van der Waals surface area contributed by atoms with Crippen molar-refractivity contribution in [2.75, 3.05) is 13.1 Å². The molecule has 2 rings (SSSR count). The van der Waals surface area contributed by atoms with E-state index in [9.17, 15) is 4.79 Å². The van der Waals surface area contributed by atoms with Gasteiger partial charge in [-0.3, -0.25) is 4.79 Å². The Bertz CT molecular complexity index is 319. The van der Waals surface area contributed by atoms with Gasteiger partial charge in [-0.25, -0.2) is 4.98 Å². The molecule has 2 unspecified atom stereocenters. The number of hydrogen-bond donors (Lipinski definition) is 2. The minimum atomic E-state index is 0.0260. The molecule has 2 heterocycles. The third-order valence-electron chi connectivity index (χ3n) is 2.61. The average Bonchev–Trinajstić information content (AvgIpc) is 2.91. The molecule has 82 valence electrons. The van der Waals surface area contributed by atoms with E-state index in [1.54, 1.807) is 17.5 Å². The molecule has 1 aliphatic rings. The minimum absolute atomic E-state index is 0.0260. The van der Waals surface area contributed by atoms with Gasteiger partial charge in [0.05, 0.1) is 12.0 Å². The highest BCUT2D eigenvalue weighted by molar-refractivity contribution is 7.09. The molecular weight excluding hydrogens is 210 g/mol. The number of aromatic nitrogens is 1. The van der Waals surface area contributed by atoms with Gasteiger partial charge in [-0.1, -0.05) is 0 Å². The topological polar surface area (TPSA) is 54.0 Å². The molecular formula is C10H15N3OS. The summed E-state index contributed by atoms with van der Waals surface area (Å²) in [6.45, 7) is 3.72. The van der Waals surface area contributed by atoms with E-state index < -0.39 is 0 Å². The Hall–Kier alpha value is -0.940. The van der Waals surface area contributed by atoms with Crippen LogP contribution >= 0.6 is 11.3 Å². The Labute approximate surface area is 93.1 Å². The van der Waals surface area contributed by atoms with Crippen LogP contribution in [0, 0.1) is 5.92 Å². The van der Waals surface area contributed by atoms with Crippen LogP contribution in [0.2, 0.25) is 0 Å². The predicted octanol–water partition coefficient (Wildman–Crippen LogP) is 0.930. The molecule has 0 aliphatic carbocycles. The molecule has 2 N–H and O–H groups in total. The highest BCUT2D eigenvalue weighted by Crippen LogP contribution is 2.16. The average molecular weight is 225 g/mol. The smallest absolute Gasteiger partial charge is 0.224 e. The second kappa shape index (κ2) is 4.72. The fourth-order valence-electron chi connectivity index (χ4n) is 1.72. The molecule has 15 heavy (non-hydrogen) atoms. The lowest BCUT2D eigenvalue weighted by atomic mass is 10.1. The van der Waals surface area contributed by atoms with Gasteiger partial charge in [-0.15, -0.1) is 11.3 Å². The number of amides is 1. The van der Waals surface area contributed by atoms with E-state index in [1.165, 1.54) is 0 Å². The molecule has 5 heteroatoms. The first-order valence-corrected chi connectivity index (χ1v) is 6.06. The van der Waals surface area contributed by atoms with Crippen molar-refractivity contribution in [3.63, 3.8) is 0 Å². The SMILES string of the molecule is CC(NC(=O)C1CCNC1)c1nccs1. The summed E-state index contributed by atoms with van der Waals surface area (Å²) in [6, 6.07) is 0.0260. The number of thiazole rings is 1. The summed E-state index contributed by atoms with van der Waals surface area (Å²) >= 11 is 1.57. The zero-order valence-corrected chi connectivity index (χ0v) is 9.51. The van der Waals surface area contributed by atoms with Crippen molar-refractivity contribution in [3.8, 4) is 0 Å². The van der Waals surface area contributed by atoms with Crippen molar-refractivity contribution in [2.45, 2.75) is 19.4 Å². The summed E-state index contributed by atoms with van der Waals surface area (Å²) in [7, 11) is 0. The standard InChI is InChI=1S/C10H15N3OS/c1-7(10-12-4-5-15-10)13-9(14)8-2-3-11-6-8/h4-5,7-8,11H,2-3,6H2,1H3,(H,13,14). The van der Waals surface area contributed by atoms with Crippen molar-refractivity contribution in [1.82, 2.24) is 15.6 Å². The second-order valence-electron chi connectivity index (χ2n) is 3.79. The lowest BCUT2D eigenvalue weighted by molar-refractivity contribution is -0.125. The predicted molar refractivity (Wildman–Crippen MR) is 59.6 cm³/mol. The first-order chi connectivity index (χ1) is 7.27. The summed E-state index contributed by atoms with van der Waals surface area (Å²) in [6.07, 6.45) is 2.70. The number of nitrogens with one attached hydrogen (secondary N) is 2. The highest BCUT2D eigenvalue weighted by Gasteiger charge is 2.24. The molecule has 1 aromatic heterocycles. The number of carbonyl (C=O) groups is 1. The van der Waals surface area contributed by atoms with Crippen LogP contribution in [-0.4, -0.2) is 24.0 Å². The maximum Gasteiger partial charge on any atom is 0.224 e. The lowest BCUT2D eigenvalue weighted by Gasteiger charge is -2.14. The van der Waals surface area contributed by atoms with Gasteiger partial charge < -0.3 is 10.6 Å². The van der Waals surface area contributed by atoms with Crippen LogP contribution in [0.4, 0.5) is 0 Å². The Balaban J connectivity index is 1.88. The summed E-state index contributed by atoms with van der Waals surface area (Å²) < 4.78 is 0. The van der Waals surface area contributed by atoms with Crippen LogP contribution in [0.25, 0.3) is 0 Å². The molecule has 2 atom stereocenters. The normalized spacial score (nSPS) is 22.6. The minimum Gasteiger partial charge on any atom is -0.347 e. The maximum absolute atomic E-state index is 11.8. The van der Waals surface area contributed by atoms with E-state index >= 15 is 0 Å². The zero-order valence-electron chi connectivity index (χ0n) is 8.69. The first-order valence-electron chi connectivity index (χ1n) is 5.18. The van der Waals surface area contributed by atoms with Gasteiger partial charge in [0.2, 0.25) is 5.91 Å². The molecule has 1 saturated heterocycles. The highest BCUT2D eigenvalue weighted by atomic mass is 32.1. The van der Waals surface area contributed by atoms with Gasteiger partial charge in [0, 0.05) is 18.1 Å². The van der Waals surface area contributed by atoms with Crippen molar-refractivity contribution < 1.29 is 4.79 Å². The monoisotopic (exact) mass is 225 g/mol. The third kappa shape index (κ3) is 2.54. The van der Waals surface area contributed by atoms with Gasteiger partial charge in [0.15, 0.2) is 0 Å². The zero-order chi connectivity index (χ0) is 10.7. The molecule has 1 fully saturated rings. The first kappa shape index (κ1) is 10.6. The van der Waals surface area contributed by atoms with E-state index in [-0.39, 0.29) is 17.9 Å². The van der Waals surface area contributed by atoms with Crippen molar-refractivity contribution in [2.24, 2.45) is 5.92 Å². The van der Waals surface area contributed by atoms with E-state index in [0.717, 1.165) is 24.5 Å². The fourth-order valence-corrected chi connectivity index (χ4v) is 2.37. The van der Waals surface area contributed by atoms with E-state index in [1.807, 2.05) is 12.3 Å². The number of hydrogen-bond acceptors (Lipinski definition) is 4. The van der Waals surface area contributed by atoms with Gasteiger partial charge >= 0.3 is 0 Å². The van der Waals surface area contributed by atoms with Crippen molar-refractivity contribution in [3.05, 3.63) is 16.6 Å². The summed E-state index contributed by atoms with van der Waals surface area (Å²) in [5, 5.41) is 9.07. The molecule has 0 aromatic carbocycles. The number of rotatable bonds is 3. The van der Waals surface area contributed by atoms with E-state index in [2.05, 4.69) is 15.6 Å². The van der Waals surface area contributed by atoms with Crippen LogP contribution in [0.5, 0.6) is 0 Å². The second-order valence-corrected chi connectivity index (χ2v) is 4.72. The van der Waals surface area contributed by atoms with Crippen molar-refractivity contribution in [1.29, 1.82) is 0 Å². The van der Waals surface area contributed by atoms with Gasteiger partial charge in [-0.05, 0) is 19.9 Å². The van der Waals surface area contributed by atoms with Crippen LogP contribution in [-0.2, 0) is 4.79 Å². The third-order valence-corrected chi connectivity index (χ3v) is 3.57. The molecule has 0 saturated carbocycles. The summed E-state index contributed by atoms with van der Waals surface area (Å²) in [5.74, 6) is 0.273. The molecule has 0 bridgehead atoms. The van der Waals surface area contributed by atoms with E-state index in [4.69, 9.17) is 0 Å². The van der Waals surface area contributed by atoms with Crippen LogP contribution in [0.1, 0.15) is 24.4 Å². The molecule has 0 spiro atoms. The quantitative estimate of drug-likeness (QED) is 0.804.